The number of aliphatic carboxylic acids is 4. The van der Waals surface area contributed by atoms with Gasteiger partial charge in [-0.3, -0.25) is 38.8 Å². The van der Waals surface area contributed by atoms with Crippen LogP contribution in [0.4, 0.5) is 0 Å². The summed E-state index contributed by atoms with van der Waals surface area (Å²) < 4.78 is 22.4. The van der Waals surface area contributed by atoms with E-state index in [4.69, 9.17) is 18.9 Å². The number of benzene rings is 2. The summed E-state index contributed by atoms with van der Waals surface area (Å²) in [6.07, 6.45) is 1.96. The topological polar surface area (TPSA) is 199 Å². The summed E-state index contributed by atoms with van der Waals surface area (Å²) in [4.78, 5) is 53.9. The Hall–Kier alpha value is -4.32. The molecular formula is C38H56N4O12. The van der Waals surface area contributed by atoms with Crippen LogP contribution >= 0.6 is 0 Å². The van der Waals surface area contributed by atoms with Gasteiger partial charge in [0.1, 0.15) is 18.1 Å². The van der Waals surface area contributed by atoms with E-state index < -0.39 is 29.9 Å². The van der Waals surface area contributed by atoms with E-state index in [0.717, 1.165) is 35.3 Å². The Morgan fingerprint density at radius 3 is 1.81 bits per heavy atom. The molecule has 0 saturated carbocycles. The molecule has 2 aromatic rings. The predicted octanol–water partition coefficient (Wildman–Crippen LogP) is 1.52. The van der Waals surface area contributed by atoms with Crippen LogP contribution in [-0.2, 0) is 41.5 Å². The number of carboxylic acids is 4. The minimum atomic E-state index is -1.06. The first kappa shape index (κ1) is 44.1. The lowest BCUT2D eigenvalue weighted by Gasteiger charge is -2.37. The van der Waals surface area contributed by atoms with Gasteiger partial charge in [0.15, 0.2) is 0 Å². The highest BCUT2D eigenvalue weighted by atomic mass is 16.5. The molecule has 1 aliphatic rings. The summed E-state index contributed by atoms with van der Waals surface area (Å²) in [5.74, 6) is -2.70. The molecule has 1 heterocycles. The van der Waals surface area contributed by atoms with Gasteiger partial charge in [0, 0.05) is 59.0 Å². The summed E-state index contributed by atoms with van der Waals surface area (Å²) in [6, 6.07) is 13.2. The van der Waals surface area contributed by atoms with Crippen LogP contribution in [0, 0.1) is 6.92 Å². The Morgan fingerprint density at radius 1 is 0.648 bits per heavy atom. The fourth-order valence-corrected chi connectivity index (χ4v) is 6.23. The average molecular weight is 761 g/mol. The molecule has 54 heavy (non-hydrogen) atoms. The second-order valence-corrected chi connectivity index (χ2v) is 13.3. The van der Waals surface area contributed by atoms with Crippen LogP contribution in [0.2, 0.25) is 0 Å². The molecule has 1 fully saturated rings. The molecule has 0 aliphatic carbocycles. The minimum absolute atomic E-state index is 0.200. The van der Waals surface area contributed by atoms with Crippen molar-refractivity contribution in [2.45, 2.75) is 32.2 Å². The number of hydrogen-bond acceptors (Lipinski definition) is 12. The quantitative estimate of drug-likeness (QED) is 0.126. The van der Waals surface area contributed by atoms with Crippen molar-refractivity contribution < 1.29 is 58.6 Å². The van der Waals surface area contributed by atoms with Crippen LogP contribution in [0.1, 0.15) is 23.1 Å². The fraction of sp³-hybridized carbons (Fsp3) is 0.579. The van der Waals surface area contributed by atoms with Crippen LogP contribution < -0.4 is 9.47 Å². The molecule has 1 aliphatic heterocycles. The summed E-state index contributed by atoms with van der Waals surface area (Å²) in [5.41, 5.74) is 3.07. The largest absolute Gasteiger partial charge is 0.494 e. The van der Waals surface area contributed by atoms with Gasteiger partial charge < -0.3 is 39.4 Å². The van der Waals surface area contributed by atoms with E-state index in [-0.39, 0.29) is 72.0 Å². The van der Waals surface area contributed by atoms with Gasteiger partial charge in [0.25, 0.3) is 0 Å². The van der Waals surface area contributed by atoms with Crippen molar-refractivity contribution in [1.29, 1.82) is 0 Å². The molecule has 0 aromatic heterocycles. The molecule has 16 heteroatoms. The monoisotopic (exact) mass is 760 g/mol. The minimum Gasteiger partial charge on any atom is -0.494 e. The first-order valence-electron chi connectivity index (χ1n) is 18.2. The van der Waals surface area contributed by atoms with E-state index in [1.807, 2.05) is 43.3 Å². The zero-order valence-corrected chi connectivity index (χ0v) is 31.4. The molecule has 1 saturated heterocycles. The van der Waals surface area contributed by atoms with Gasteiger partial charge in [0.2, 0.25) is 0 Å². The summed E-state index contributed by atoms with van der Waals surface area (Å²) in [7, 11) is 1.63. The number of carboxylic acid groups (broad SMARTS) is 4. The molecule has 0 bridgehead atoms. The standard InChI is InChI=1S/C38H56N4O12/c1-29-5-6-30(23-34(29)54-21-20-52-19-18-51-2)4-3-17-53-33-9-7-31(8-10-33)22-32-24-41(27-37(47)48)14-13-39(25-35(43)44)11-12-40(26-36(45)46)15-16-42(32)28-38(49)50/h5-10,23,32H,3-4,11-22,24-28H2,1-2H3,(H,43,44)(H,45,46)(H,47,48)(H,49,50)/t32-/m0/s1. The Bertz CT molecular complexity index is 1460. The van der Waals surface area contributed by atoms with Crippen LogP contribution in [0.15, 0.2) is 42.5 Å². The number of methoxy groups -OCH3 is 1. The Morgan fingerprint density at radius 2 is 1.20 bits per heavy atom. The Labute approximate surface area is 316 Å². The maximum absolute atomic E-state index is 12.0. The lowest BCUT2D eigenvalue weighted by molar-refractivity contribution is -0.142. The van der Waals surface area contributed by atoms with Crippen molar-refractivity contribution in [1.82, 2.24) is 19.6 Å². The fourth-order valence-electron chi connectivity index (χ4n) is 6.23. The normalized spacial score (nSPS) is 17.0. The molecular weight excluding hydrogens is 704 g/mol. The Kier molecular flexibility index (Phi) is 19.7. The SMILES string of the molecule is COCCOCCOc1cc(CCCOc2ccc(C[C@H]3CN(CC(=O)O)CCN(CC(=O)O)CCN(CC(=O)O)CCN3CC(=O)O)cc2)ccc1C. The molecule has 3 rings (SSSR count). The average Bonchev–Trinajstić information content (AvgIpc) is 3.11. The maximum Gasteiger partial charge on any atom is 0.317 e. The van der Waals surface area contributed by atoms with Crippen LogP contribution in [0.5, 0.6) is 11.5 Å². The highest BCUT2D eigenvalue weighted by Crippen LogP contribution is 2.21. The zero-order valence-electron chi connectivity index (χ0n) is 31.4. The first-order valence-corrected chi connectivity index (χ1v) is 18.2. The van der Waals surface area contributed by atoms with Crippen molar-refractivity contribution in [3.8, 4) is 11.5 Å². The molecule has 0 radical (unpaired) electrons. The summed E-state index contributed by atoms with van der Waals surface area (Å²) >= 11 is 0. The van der Waals surface area contributed by atoms with Gasteiger partial charge in [-0.1, -0.05) is 24.3 Å². The molecule has 0 amide bonds. The molecule has 0 unspecified atom stereocenters. The second kappa shape index (κ2) is 24.2. The van der Waals surface area contributed by atoms with Gasteiger partial charge in [0.05, 0.1) is 52.6 Å². The van der Waals surface area contributed by atoms with Gasteiger partial charge in [-0.15, -0.1) is 0 Å². The second-order valence-electron chi connectivity index (χ2n) is 13.3. The van der Waals surface area contributed by atoms with E-state index in [2.05, 4.69) is 6.07 Å². The van der Waals surface area contributed by atoms with Gasteiger partial charge in [-0.25, -0.2) is 0 Å². The van der Waals surface area contributed by atoms with Crippen molar-refractivity contribution in [2.24, 2.45) is 0 Å². The van der Waals surface area contributed by atoms with E-state index in [0.29, 0.717) is 45.2 Å². The van der Waals surface area contributed by atoms with Gasteiger partial charge in [-0.2, -0.15) is 0 Å². The number of rotatable bonds is 22. The lowest BCUT2D eigenvalue weighted by Crippen LogP contribution is -2.53. The predicted molar refractivity (Wildman–Crippen MR) is 199 cm³/mol. The zero-order chi connectivity index (χ0) is 39.3. The van der Waals surface area contributed by atoms with Crippen molar-refractivity contribution in [2.75, 3.05) is 112 Å². The van der Waals surface area contributed by atoms with Gasteiger partial charge in [-0.05, 0) is 61.1 Å². The van der Waals surface area contributed by atoms with E-state index >= 15 is 0 Å². The van der Waals surface area contributed by atoms with Crippen molar-refractivity contribution in [3.05, 3.63) is 59.2 Å². The number of hydrogen-bond donors (Lipinski definition) is 4. The number of nitrogens with zero attached hydrogens (tertiary/aromatic N) is 4. The number of carbonyl (C=O) groups is 4. The van der Waals surface area contributed by atoms with Crippen LogP contribution in [0.25, 0.3) is 0 Å². The summed E-state index contributed by atoms with van der Waals surface area (Å²) in [5, 5.41) is 38.5. The highest BCUT2D eigenvalue weighted by molar-refractivity contribution is 5.70. The third-order valence-corrected chi connectivity index (χ3v) is 9.01. The van der Waals surface area contributed by atoms with E-state index in [9.17, 15) is 39.6 Å². The first-order chi connectivity index (χ1) is 25.9. The smallest absolute Gasteiger partial charge is 0.317 e. The lowest BCUT2D eigenvalue weighted by atomic mass is 10.0. The maximum atomic E-state index is 12.0. The van der Waals surface area contributed by atoms with Crippen LogP contribution in [-0.4, -0.2) is 182 Å². The van der Waals surface area contributed by atoms with Crippen molar-refractivity contribution >= 4 is 23.9 Å². The highest BCUT2D eigenvalue weighted by Gasteiger charge is 2.27. The number of aryl methyl sites for hydroxylation is 2. The number of ether oxygens (including phenoxy) is 4. The molecule has 16 nitrogen and oxygen atoms in total. The molecule has 300 valence electrons. The molecule has 2 aromatic carbocycles. The molecule has 1 atom stereocenters. The molecule has 0 spiro atoms. The molecule has 4 N–H and O–H groups in total. The summed E-state index contributed by atoms with van der Waals surface area (Å²) in [6.45, 7) is 4.89. The van der Waals surface area contributed by atoms with Gasteiger partial charge >= 0.3 is 23.9 Å². The van der Waals surface area contributed by atoms with Crippen molar-refractivity contribution in [3.63, 3.8) is 0 Å². The van der Waals surface area contributed by atoms with Crippen LogP contribution in [0.3, 0.4) is 0 Å². The Balaban J connectivity index is 1.66. The third kappa shape index (κ3) is 17.7. The van der Waals surface area contributed by atoms with E-state index in [1.54, 1.807) is 26.7 Å². The third-order valence-electron chi connectivity index (χ3n) is 9.01. The van der Waals surface area contributed by atoms with E-state index in [1.165, 1.54) is 0 Å².